The van der Waals surface area contributed by atoms with Gasteiger partial charge in [-0.3, -0.25) is 9.59 Å². The van der Waals surface area contributed by atoms with Crippen LogP contribution in [0.25, 0.3) is 0 Å². The van der Waals surface area contributed by atoms with Crippen LogP contribution >= 0.6 is 11.8 Å². The molecule has 0 N–H and O–H groups in total. The highest BCUT2D eigenvalue weighted by Gasteiger charge is 2.30. The van der Waals surface area contributed by atoms with Gasteiger partial charge in [0, 0.05) is 31.7 Å². The van der Waals surface area contributed by atoms with Crippen molar-refractivity contribution in [2.24, 2.45) is 0 Å². The fraction of sp³-hybridized carbons (Fsp3) is 0.263. The van der Waals surface area contributed by atoms with Gasteiger partial charge in [0.05, 0.1) is 0 Å². The zero-order chi connectivity index (χ0) is 17.8. The average Bonchev–Trinajstić information content (AvgIpc) is 2.90. The summed E-state index contributed by atoms with van der Waals surface area (Å²) < 4.78 is 19.1. The Morgan fingerprint density at radius 2 is 1.96 bits per heavy atom. The second kappa shape index (κ2) is 7.70. The Morgan fingerprint density at radius 1 is 1.24 bits per heavy atom. The lowest BCUT2D eigenvalue weighted by Gasteiger charge is -2.16. The van der Waals surface area contributed by atoms with E-state index in [0.717, 1.165) is 5.56 Å². The van der Waals surface area contributed by atoms with E-state index in [1.165, 1.54) is 24.8 Å². The van der Waals surface area contributed by atoms with Crippen LogP contribution in [0.1, 0.15) is 18.9 Å². The van der Waals surface area contributed by atoms with Crippen molar-refractivity contribution in [3.8, 4) is 11.5 Å². The predicted octanol–water partition coefficient (Wildman–Crippen LogP) is 4.00. The molecule has 0 aromatic heterocycles. The molecule has 1 saturated heterocycles. The van der Waals surface area contributed by atoms with E-state index < -0.39 is 5.82 Å². The number of rotatable bonds is 5. The van der Waals surface area contributed by atoms with E-state index in [1.54, 1.807) is 35.2 Å². The fourth-order valence-electron chi connectivity index (χ4n) is 2.74. The van der Waals surface area contributed by atoms with Gasteiger partial charge in [0.15, 0.2) is 16.7 Å². The van der Waals surface area contributed by atoms with Crippen LogP contribution in [-0.2, 0) is 16.1 Å². The number of carbonyl (C=O) groups excluding carboxylic acids is 2. The second-order valence-electron chi connectivity index (χ2n) is 5.89. The molecular formula is C19H18FNO3S. The normalized spacial score (nSPS) is 17.0. The molecule has 1 heterocycles. The highest BCUT2D eigenvalue weighted by atomic mass is 32.2. The molecule has 1 unspecified atom stereocenters. The van der Waals surface area contributed by atoms with Crippen molar-refractivity contribution in [2.75, 3.05) is 6.54 Å². The minimum atomic E-state index is -0.414. The van der Waals surface area contributed by atoms with Crippen LogP contribution in [-0.4, -0.2) is 27.7 Å². The molecule has 1 aliphatic rings. The molecule has 1 amide bonds. The second-order valence-corrected chi connectivity index (χ2v) is 7.36. The Labute approximate surface area is 150 Å². The van der Waals surface area contributed by atoms with Gasteiger partial charge in [0.25, 0.3) is 0 Å². The molecule has 1 fully saturated rings. The number of thioether (sulfide) groups is 1. The first-order valence-corrected chi connectivity index (χ1v) is 8.85. The van der Waals surface area contributed by atoms with Crippen LogP contribution in [0.15, 0.2) is 48.5 Å². The molecule has 1 atom stereocenters. The van der Waals surface area contributed by atoms with Gasteiger partial charge in [0.1, 0.15) is 5.75 Å². The summed E-state index contributed by atoms with van der Waals surface area (Å²) >= 11 is 1.23. The molecular weight excluding hydrogens is 341 g/mol. The molecule has 25 heavy (non-hydrogen) atoms. The average molecular weight is 359 g/mol. The fourth-order valence-corrected chi connectivity index (χ4v) is 3.69. The number of carbonyl (C=O) groups is 2. The van der Waals surface area contributed by atoms with E-state index in [2.05, 4.69) is 0 Å². The van der Waals surface area contributed by atoms with Crippen LogP contribution in [0, 0.1) is 5.82 Å². The van der Waals surface area contributed by atoms with Crippen LogP contribution < -0.4 is 4.74 Å². The summed E-state index contributed by atoms with van der Waals surface area (Å²) in [5.74, 6) is 0.356. The van der Waals surface area contributed by atoms with Crippen molar-refractivity contribution in [1.29, 1.82) is 0 Å². The van der Waals surface area contributed by atoms with E-state index in [1.807, 2.05) is 12.1 Å². The van der Waals surface area contributed by atoms with E-state index in [9.17, 15) is 14.0 Å². The van der Waals surface area contributed by atoms with Crippen LogP contribution in [0.3, 0.4) is 0 Å². The van der Waals surface area contributed by atoms with Gasteiger partial charge in [-0.2, -0.15) is 0 Å². The van der Waals surface area contributed by atoms with Gasteiger partial charge < -0.3 is 9.64 Å². The molecule has 0 bridgehead atoms. The smallest absolute Gasteiger partial charge is 0.224 e. The number of ether oxygens (including phenoxy) is 1. The monoisotopic (exact) mass is 359 g/mol. The SMILES string of the molecule is CC(=O)SC1CC(=O)N(Cc2ccc(Oc3ccccc3F)cc2)C1. The van der Waals surface area contributed by atoms with Crippen molar-refractivity contribution in [3.05, 3.63) is 59.9 Å². The molecule has 0 saturated carbocycles. The summed E-state index contributed by atoms with van der Waals surface area (Å²) in [4.78, 5) is 25.0. The lowest BCUT2D eigenvalue weighted by Crippen LogP contribution is -2.24. The summed E-state index contributed by atoms with van der Waals surface area (Å²) in [6.45, 7) is 2.59. The molecule has 2 aromatic rings. The number of benzene rings is 2. The van der Waals surface area contributed by atoms with E-state index in [-0.39, 0.29) is 22.0 Å². The van der Waals surface area contributed by atoms with Gasteiger partial charge in [-0.25, -0.2) is 4.39 Å². The molecule has 1 aliphatic heterocycles. The molecule has 130 valence electrons. The third kappa shape index (κ3) is 4.60. The van der Waals surface area contributed by atoms with Gasteiger partial charge in [0.2, 0.25) is 5.91 Å². The number of halogens is 1. The largest absolute Gasteiger partial charge is 0.454 e. The van der Waals surface area contributed by atoms with Gasteiger partial charge in [-0.1, -0.05) is 36.0 Å². The summed E-state index contributed by atoms with van der Waals surface area (Å²) in [5, 5.41) is 0.0722. The van der Waals surface area contributed by atoms with E-state index in [0.29, 0.717) is 25.3 Å². The highest BCUT2D eigenvalue weighted by Crippen LogP contribution is 2.27. The predicted molar refractivity (Wildman–Crippen MR) is 95.0 cm³/mol. The number of hydrogen-bond acceptors (Lipinski definition) is 4. The summed E-state index contributed by atoms with van der Waals surface area (Å²) in [6.07, 6.45) is 0.402. The third-order valence-corrected chi connectivity index (χ3v) is 4.85. The molecule has 0 aliphatic carbocycles. The third-order valence-electron chi connectivity index (χ3n) is 3.87. The number of para-hydroxylation sites is 1. The quantitative estimate of drug-likeness (QED) is 0.810. The van der Waals surface area contributed by atoms with Crippen LogP contribution in [0.4, 0.5) is 4.39 Å². The van der Waals surface area contributed by atoms with Gasteiger partial charge in [-0.05, 0) is 29.8 Å². The first-order chi connectivity index (χ1) is 12.0. The van der Waals surface area contributed by atoms with Crippen molar-refractivity contribution >= 4 is 22.8 Å². The Kier molecular flexibility index (Phi) is 5.38. The maximum absolute atomic E-state index is 13.6. The highest BCUT2D eigenvalue weighted by molar-refractivity contribution is 8.14. The number of nitrogens with zero attached hydrogens (tertiary/aromatic N) is 1. The van der Waals surface area contributed by atoms with Crippen molar-refractivity contribution in [2.45, 2.75) is 25.1 Å². The van der Waals surface area contributed by atoms with Crippen molar-refractivity contribution in [1.82, 2.24) is 4.90 Å². The van der Waals surface area contributed by atoms with Gasteiger partial charge in [-0.15, -0.1) is 0 Å². The van der Waals surface area contributed by atoms with Crippen LogP contribution in [0.5, 0.6) is 11.5 Å². The zero-order valence-corrected chi connectivity index (χ0v) is 14.6. The Balaban J connectivity index is 1.60. The number of likely N-dealkylation sites (tertiary alicyclic amines) is 1. The van der Waals surface area contributed by atoms with E-state index in [4.69, 9.17) is 4.74 Å². The number of amides is 1. The summed E-state index contributed by atoms with van der Waals surface area (Å²) in [6, 6.07) is 13.5. The van der Waals surface area contributed by atoms with Crippen molar-refractivity contribution < 1.29 is 18.7 Å². The minimum absolute atomic E-state index is 0.0358. The maximum Gasteiger partial charge on any atom is 0.224 e. The topological polar surface area (TPSA) is 46.6 Å². The molecule has 3 rings (SSSR count). The minimum Gasteiger partial charge on any atom is -0.454 e. The van der Waals surface area contributed by atoms with Crippen LogP contribution in [0.2, 0.25) is 0 Å². The first kappa shape index (κ1) is 17.5. The maximum atomic E-state index is 13.6. The Hall–Kier alpha value is -2.34. The Bertz CT molecular complexity index is 778. The van der Waals surface area contributed by atoms with Crippen molar-refractivity contribution in [3.63, 3.8) is 0 Å². The summed E-state index contributed by atoms with van der Waals surface area (Å²) in [7, 11) is 0. The Morgan fingerprint density at radius 3 is 2.64 bits per heavy atom. The summed E-state index contributed by atoms with van der Waals surface area (Å²) in [5.41, 5.74) is 0.961. The molecule has 0 radical (unpaired) electrons. The molecule has 6 heteroatoms. The molecule has 0 spiro atoms. The zero-order valence-electron chi connectivity index (χ0n) is 13.8. The molecule has 4 nitrogen and oxygen atoms in total. The lowest BCUT2D eigenvalue weighted by molar-refractivity contribution is -0.128. The molecule has 2 aromatic carbocycles. The van der Waals surface area contributed by atoms with E-state index >= 15 is 0 Å². The number of hydrogen-bond donors (Lipinski definition) is 0. The van der Waals surface area contributed by atoms with Gasteiger partial charge >= 0.3 is 0 Å². The standard InChI is InChI=1S/C19H18FNO3S/c1-13(22)25-16-10-19(23)21(12-16)11-14-6-8-15(9-7-14)24-18-5-3-2-4-17(18)20/h2-9,16H,10-12H2,1H3. The lowest BCUT2D eigenvalue weighted by atomic mass is 10.2. The first-order valence-electron chi connectivity index (χ1n) is 7.97.